The Hall–Kier alpha value is -1.09. The molecule has 0 aliphatic rings. The zero-order chi connectivity index (χ0) is 9.68. The van der Waals surface area contributed by atoms with Gasteiger partial charge in [-0.05, 0) is 17.9 Å². The summed E-state index contributed by atoms with van der Waals surface area (Å²) >= 11 is 1.49. The first-order valence-electron chi connectivity index (χ1n) is 4.15. The lowest BCUT2D eigenvalue weighted by atomic mass is 10.2. The fourth-order valence-corrected chi connectivity index (χ4v) is 1.52. The van der Waals surface area contributed by atoms with Crippen LogP contribution in [0.15, 0.2) is 24.1 Å². The molecule has 0 aliphatic heterocycles. The second kappa shape index (κ2) is 4.82. The third kappa shape index (κ3) is 2.70. The second-order valence-electron chi connectivity index (χ2n) is 2.59. The van der Waals surface area contributed by atoms with Gasteiger partial charge in [-0.3, -0.25) is 0 Å². The molecule has 0 atom stereocenters. The van der Waals surface area contributed by atoms with Gasteiger partial charge in [0, 0.05) is 4.88 Å². The van der Waals surface area contributed by atoms with E-state index in [1.807, 2.05) is 24.4 Å². The first-order chi connectivity index (χ1) is 6.25. The molecule has 2 nitrogen and oxygen atoms in total. The molecule has 0 bridgehead atoms. The van der Waals surface area contributed by atoms with Crippen molar-refractivity contribution in [3.8, 4) is 0 Å². The minimum absolute atomic E-state index is 0.315. The van der Waals surface area contributed by atoms with Crippen molar-refractivity contribution in [3.63, 3.8) is 0 Å². The van der Waals surface area contributed by atoms with Crippen LogP contribution in [0.1, 0.15) is 18.2 Å². The molecular formula is C10H12O2S. The Bertz CT molecular complexity index is 288. The SMILES string of the molecule is C=C(C(=O)OCCC)c1cccs1. The molecule has 1 rings (SSSR count). The van der Waals surface area contributed by atoms with Gasteiger partial charge in [-0.1, -0.05) is 19.6 Å². The highest BCUT2D eigenvalue weighted by molar-refractivity contribution is 7.11. The molecule has 0 aromatic carbocycles. The lowest BCUT2D eigenvalue weighted by Gasteiger charge is -2.03. The van der Waals surface area contributed by atoms with E-state index in [1.54, 1.807) is 0 Å². The lowest BCUT2D eigenvalue weighted by molar-refractivity contribution is -0.136. The normalized spacial score (nSPS) is 9.62. The van der Waals surface area contributed by atoms with E-state index in [0.29, 0.717) is 12.2 Å². The van der Waals surface area contributed by atoms with Gasteiger partial charge in [-0.2, -0.15) is 0 Å². The average molecular weight is 196 g/mol. The molecule has 1 aromatic rings. The second-order valence-corrected chi connectivity index (χ2v) is 3.54. The molecule has 0 saturated carbocycles. The topological polar surface area (TPSA) is 26.3 Å². The molecule has 0 spiro atoms. The van der Waals surface area contributed by atoms with Crippen molar-refractivity contribution >= 4 is 22.9 Å². The summed E-state index contributed by atoms with van der Waals surface area (Å²) in [6.45, 7) is 6.11. The molecule has 0 radical (unpaired) electrons. The van der Waals surface area contributed by atoms with Gasteiger partial charge in [0.05, 0.1) is 12.2 Å². The van der Waals surface area contributed by atoms with Crippen LogP contribution < -0.4 is 0 Å². The predicted octanol–water partition coefficient (Wildman–Crippen LogP) is 2.71. The lowest BCUT2D eigenvalue weighted by Crippen LogP contribution is -2.05. The third-order valence-corrected chi connectivity index (χ3v) is 2.43. The van der Waals surface area contributed by atoms with E-state index in [9.17, 15) is 4.79 Å². The maximum Gasteiger partial charge on any atom is 0.338 e. The average Bonchev–Trinajstić information content (AvgIpc) is 2.65. The van der Waals surface area contributed by atoms with Gasteiger partial charge in [0.15, 0.2) is 0 Å². The summed E-state index contributed by atoms with van der Waals surface area (Å²) in [5.41, 5.74) is 0.448. The standard InChI is InChI=1S/C10H12O2S/c1-3-6-12-10(11)8(2)9-5-4-7-13-9/h4-5,7H,2-3,6H2,1H3. The molecule has 0 saturated heterocycles. The van der Waals surface area contributed by atoms with Crippen molar-refractivity contribution in [2.24, 2.45) is 0 Å². The van der Waals surface area contributed by atoms with Crippen molar-refractivity contribution < 1.29 is 9.53 Å². The van der Waals surface area contributed by atoms with E-state index in [-0.39, 0.29) is 5.97 Å². The number of esters is 1. The molecule has 0 fully saturated rings. The molecule has 0 N–H and O–H groups in total. The van der Waals surface area contributed by atoms with Gasteiger partial charge in [0.1, 0.15) is 0 Å². The quantitative estimate of drug-likeness (QED) is 0.546. The first-order valence-corrected chi connectivity index (χ1v) is 5.03. The fraction of sp³-hybridized carbons (Fsp3) is 0.300. The van der Waals surface area contributed by atoms with Crippen molar-refractivity contribution in [1.29, 1.82) is 0 Å². The van der Waals surface area contributed by atoms with Crippen LogP contribution in [0, 0.1) is 0 Å². The number of carbonyl (C=O) groups excluding carboxylic acids is 1. The fourth-order valence-electron chi connectivity index (χ4n) is 0.833. The van der Waals surface area contributed by atoms with Crippen LogP contribution in [0.5, 0.6) is 0 Å². The molecular weight excluding hydrogens is 184 g/mol. The van der Waals surface area contributed by atoms with Crippen molar-refractivity contribution in [2.45, 2.75) is 13.3 Å². The Kier molecular flexibility index (Phi) is 3.71. The molecule has 1 aromatic heterocycles. The summed E-state index contributed by atoms with van der Waals surface area (Å²) in [4.78, 5) is 12.2. The summed E-state index contributed by atoms with van der Waals surface area (Å²) in [5.74, 6) is -0.315. The van der Waals surface area contributed by atoms with Crippen LogP contribution in [0.3, 0.4) is 0 Å². The number of rotatable bonds is 4. The van der Waals surface area contributed by atoms with E-state index in [2.05, 4.69) is 6.58 Å². The van der Waals surface area contributed by atoms with Crippen LogP contribution in [0.25, 0.3) is 5.57 Å². The Morgan fingerprint density at radius 3 is 3.00 bits per heavy atom. The van der Waals surface area contributed by atoms with Crippen LogP contribution in [-0.2, 0) is 9.53 Å². The number of thiophene rings is 1. The van der Waals surface area contributed by atoms with E-state index < -0.39 is 0 Å². The van der Waals surface area contributed by atoms with Gasteiger partial charge in [-0.15, -0.1) is 11.3 Å². The monoisotopic (exact) mass is 196 g/mol. The van der Waals surface area contributed by atoms with Gasteiger partial charge < -0.3 is 4.74 Å². The first kappa shape index (κ1) is 9.99. The number of hydrogen-bond acceptors (Lipinski definition) is 3. The van der Waals surface area contributed by atoms with E-state index in [0.717, 1.165) is 11.3 Å². The molecule has 0 amide bonds. The van der Waals surface area contributed by atoms with Crippen molar-refractivity contribution in [1.82, 2.24) is 0 Å². The molecule has 70 valence electrons. The highest BCUT2D eigenvalue weighted by atomic mass is 32.1. The highest BCUT2D eigenvalue weighted by Gasteiger charge is 2.10. The number of carbonyl (C=O) groups is 1. The zero-order valence-corrected chi connectivity index (χ0v) is 8.39. The summed E-state index contributed by atoms with van der Waals surface area (Å²) in [5, 5.41) is 1.91. The van der Waals surface area contributed by atoms with Gasteiger partial charge >= 0.3 is 5.97 Å². The molecule has 0 unspecified atom stereocenters. The Morgan fingerprint density at radius 1 is 1.69 bits per heavy atom. The van der Waals surface area contributed by atoms with Gasteiger partial charge in [0.2, 0.25) is 0 Å². The van der Waals surface area contributed by atoms with E-state index in [1.165, 1.54) is 11.3 Å². The van der Waals surface area contributed by atoms with Crippen LogP contribution in [0.2, 0.25) is 0 Å². The third-order valence-electron chi connectivity index (χ3n) is 1.50. The van der Waals surface area contributed by atoms with Gasteiger partial charge in [0.25, 0.3) is 0 Å². The van der Waals surface area contributed by atoms with E-state index >= 15 is 0 Å². The van der Waals surface area contributed by atoms with E-state index in [4.69, 9.17) is 4.74 Å². The summed E-state index contributed by atoms with van der Waals surface area (Å²) in [7, 11) is 0. The molecule has 1 heterocycles. The number of hydrogen-bond donors (Lipinski definition) is 0. The minimum atomic E-state index is -0.315. The predicted molar refractivity (Wildman–Crippen MR) is 54.6 cm³/mol. The summed E-state index contributed by atoms with van der Waals surface area (Å²) < 4.78 is 4.94. The largest absolute Gasteiger partial charge is 0.462 e. The highest BCUT2D eigenvalue weighted by Crippen LogP contribution is 2.19. The Labute approximate surface area is 81.8 Å². The Morgan fingerprint density at radius 2 is 2.46 bits per heavy atom. The molecule has 13 heavy (non-hydrogen) atoms. The smallest absolute Gasteiger partial charge is 0.338 e. The van der Waals surface area contributed by atoms with Crippen molar-refractivity contribution in [3.05, 3.63) is 29.0 Å². The van der Waals surface area contributed by atoms with Crippen LogP contribution in [0.4, 0.5) is 0 Å². The summed E-state index contributed by atoms with van der Waals surface area (Å²) in [6, 6.07) is 3.75. The zero-order valence-electron chi connectivity index (χ0n) is 7.58. The van der Waals surface area contributed by atoms with Gasteiger partial charge in [-0.25, -0.2) is 4.79 Å². The van der Waals surface area contributed by atoms with Crippen LogP contribution >= 0.6 is 11.3 Å². The Balaban J connectivity index is 2.53. The number of ether oxygens (including phenoxy) is 1. The minimum Gasteiger partial charge on any atom is -0.462 e. The summed E-state index contributed by atoms with van der Waals surface area (Å²) in [6.07, 6.45) is 0.837. The van der Waals surface area contributed by atoms with Crippen LogP contribution in [-0.4, -0.2) is 12.6 Å². The molecule has 3 heteroatoms. The maximum absolute atomic E-state index is 11.3. The van der Waals surface area contributed by atoms with Crippen molar-refractivity contribution in [2.75, 3.05) is 6.61 Å². The maximum atomic E-state index is 11.3. The molecule has 0 aliphatic carbocycles.